The van der Waals surface area contributed by atoms with Crippen molar-refractivity contribution in [2.75, 3.05) is 37.6 Å². The van der Waals surface area contributed by atoms with E-state index in [0.717, 1.165) is 24.7 Å². The zero-order valence-electron chi connectivity index (χ0n) is 16.1. The zero-order valence-corrected chi connectivity index (χ0v) is 16.8. The third-order valence-corrected chi connectivity index (χ3v) is 5.83. The number of halogens is 1. The molecule has 1 aliphatic heterocycles. The van der Waals surface area contributed by atoms with Crippen LogP contribution < -0.4 is 4.90 Å². The second kappa shape index (κ2) is 8.37. The molecule has 2 heterocycles. The molecular weight excluding hydrogens is 354 g/mol. The van der Waals surface area contributed by atoms with Crippen LogP contribution in [0.5, 0.6) is 0 Å². The van der Waals surface area contributed by atoms with Crippen LogP contribution >= 0.6 is 11.6 Å². The quantitative estimate of drug-likeness (QED) is 0.543. The number of hydrogen-bond donors (Lipinski definition) is 0. The van der Waals surface area contributed by atoms with Gasteiger partial charge < -0.3 is 9.47 Å². The first-order valence-electron chi connectivity index (χ1n) is 9.97. The van der Waals surface area contributed by atoms with Gasteiger partial charge >= 0.3 is 0 Å². The Bertz CT molecular complexity index is 894. The highest BCUT2D eigenvalue weighted by Crippen LogP contribution is 2.21. The fraction of sp³-hybridized carbons (Fsp3) is 0.391. The van der Waals surface area contributed by atoms with Gasteiger partial charge in [0.25, 0.3) is 0 Å². The van der Waals surface area contributed by atoms with E-state index in [9.17, 15) is 0 Å². The third-order valence-electron chi connectivity index (χ3n) is 5.60. The fourth-order valence-electron chi connectivity index (χ4n) is 4.04. The standard InChI is InChI=1S/C23H28ClN3/c1-19-5-4-6-22(17-19)26-15-13-25(14-16-26)10-2-3-11-27-12-9-20-18-21(24)7-8-23(20)27/h4-9,12,17-18H,2-3,10-11,13-16H2,1H3. The highest BCUT2D eigenvalue weighted by molar-refractivity contribution is 6.31. The average Bonchev–Trinajstić information content (AvgIpc) is 3.08. The van der Waals surface area contributed by atoms with Crippen molar-refractivity contribution >= 4 is 28.2 Å². The number of rotatable bonds is 6. The molecule has 27 heavy (non-hydrogen) atoms. The Kier molecular flexibility index (Phi) is 5.70. The van der Waals surface area contributed by atoms with Crippen LogP contribution in [0, 0.1) is 6.92 Å². The number of aromatic nitrogens is 1. The molecule has 1 saturated heterocycles. The molecule has 0 amide bonds. The molecule has 142 valence electrons. The maximum atomic E-state index is 6.08. The van der Waals surface area contributed by atoms with Gasteiger partial charge in [0.2, 0.25) is 0 Å². The molecule has 0 spiro atoms. The van der Waals surface area contributed by atoms with E-state index in [1.807, 2.05) is 12.1 Å². The molecule has 1 aromatic heterocycles. The monoisotopic (exact) mass is 381 g/mol. The minimum absolute atomic E-state index is 0.810. The van der Waals surface area contributed by atoms with Crippen molar-refractivity contribution in [2.45, 2.75) is 26.3 Å². The summed E-state index contributed by atoms with van der Waals surface area (Å²) in [7, 11) is 0. The lowest BCUT2D eigenvalue weighted by atomic mass is 10.2. The number of benzene rings is 2. The van der Waals surface area contributed by atoms with E-state index < -0.39 is 0 Å². The molecule has 1 fully saturated rings. The molecule has 0 atom stereocenters. The first kappa shape index (κ1) is 18.4. The Morgan fingerprint density at radius 3 is 2.52 bits per heavy atom. The number of nitrogens with zero attached hydrogens (tertiary/aromatic N) is 3. The lowest BCUT2D eigenvalue weighted by molar-refractivity contribution is 0.251. The smallest absolute Gasteiger partial charge is 0.0481 e. The first-order chi connectivity index (χ1) is 13.2. The Morgan fingerprint density at radius 2 is 1.70 bits per heavy atom. The molecule has 3 aromatic rings. The second-order valence-electron chi connectivity index (χ2n) is 7.59. The summed E-state index contributed by atoms with van der Waals surface area (Å²) >= 11 is 6.08. The average molecular weight is 382 g/mol. The number of hydrogen-bond acceptors (Lipinski definition) is 2. The van der Waals surface area contributed by atoms with Crippen LogP contribution in [0.4, 0.5) is 5.69 Å². The largest absolute Gasteiger partial charge is 0.369 e. The molecule has 0 N–H and O–H groups in total. The van der Waals surface area contributed by atoms with Gasteiger partial charge in [0.05, 0.1) is 0 Å². The summed E-state index contributed by atoms with van der Waals surface area (Å²) in [5.41, 5.74) is 4.00. The van der Waals surface area contributed by atoms with Crippen molar-refractivity contribution in [2.24, 2.45) is 0 Å². The topological polar surface area (TPSA) is 11.4 Å². The van der Waals surface area contributed by atoms with E-state index in [-0.39, 0.29) is 0 Å². The van der Waals surface area contributed by atoms with Crippen LogP contribution in [0.25, 0.3) is 10.9 Å². The zero-order chi connectivity index (χ0) is 18.6. The van der Waals surface area contributed by atoms with Crippen molar-refractivity contribution in [1.82, 2.24) is 9.47 Å². The van der Waals surface area contributed by atoms with Gasteiger partial charge in [-0.25, -0.2) is 0 Å². The van der Waals surface area contributed by atoms with E-state index >= 15 is 0 Å². The molecule has 0 aliphatic carbocycles. The van der Waals surface area contributed by atoms with Gasteiger partial charge in [-0.15, -0.1) is 0 Å². The summed E-state index contributed by atoms with van der Waals surface area (Å²) in [6, 6.07) is 17.2. The molecule has 2 aromatic carbocycles. The highest BCUT2D eigenvalue weighted by Gasteiger charge is 2.16. The van der Waals surface area contributed by atoms with E-state index in [1.165, 1.54) is 54.6 Å². The molecular formula is C23H28ClN3. The van der Waals surface area contributed by atoms with Crippen LogP contribution in [0.15, 0.2) is 54.7 Å². The minimum Gasteiger partial charge on any atom is -0.369 e. The molecule has 0 saturated carbocycles. The van der Waals surface area contributed by atoms with Crippen molar-refractivity contribution in [3.05, 3.63) is 65.3 Å². The van der Waals surface area contributed by atoms with Crippen LogP contribution in [-0.2, 0) is 6.54 Å². The van der Waals surface area contributed by atoms with E-state index in [2.05, 4.69) is 63.9 Å². The number of unbranched alkanes of at least 4 members (excludes halogenated alkanes) is 1. The number of aryl methyl sites for hydroxylation is 2. The van der Waals surface area contributed by atoms with Gasteiger partial charge in [-0.3, -0.25) is 4.90 Å². The summed E-state index contributed by atoms with van der Waals surface area (Å²) < 4.78 is 2.35. The Labute approximate surface area is 167 Å². The van der Waals surface area contributed by atoms with E-state index in [1.54, 1.807) is 0 Å². The lowest BCUT2D eigenvalue weighted by Crippen LogP contribution is -2.46. The van der Waals surface area contributed by atoms with Crippen molar-refractivity contribution in [1.29, 1.82) is 0 Å². The number of anilines is 1. The number of fused-ring (bicyclic) bond motifs is 1. The predicted octanol–water partition coefficient (Wildman–Crippen LogP) is 5.21. The van der Waals surface area contributed by atoms with Crippen molar-refractivity contribution in [3.8, 4) is 0 Å². The first-order valence-corrected chi connectivity index (χ1v) is 10.4. The van der Waals surface area contributed by atoms with E-state index in [0.29, 0.717) is 0 Å². The molecule has 4 rings (SSSR count). The van der Waals surface area contributed by atoms with E-state index in [4.69, 9.17) is 11.6 Å². The number of piperazine rings is 1. The molecule has 0 bridgehead atoms. The Balaban J connectivity index is 1.21. The SMILES string of the molecule is Cc1cccc(N2CCN(CCCCn3ccc4cc(Cl)ccc43)CC2)c1. The maximum absolute atomic E-state index is 6.08. The summed E-state index contributed by atoms with van der Waals surface area (Å²) in [6.07, 6.45) is 4.64. The van der Waals surface area contributed by atoms with Gasteiger partial charge in [-0.2, -0.15) is 0 Å². The lowest BCUT2D eigenvalue weighted by Gasteiger charge is -2.36. The van der Waals surface area contributed by atoms with Crippen LogP contribution in [0.3, 0.4) is 0 Å². The van der Waals surface area contributed by atoms with Gasteiger partial charge in [0, 0.05) is 60.5 Å². The molecule has 1 aliphatic rings. The summed E-state index contributed by atoms with van der Waals surface area (Å²) in [5, 5.41) is 2.04. The molecule has 4 heteroatoms. The Morgan fingerprint density at radius 1 is 0.889 bits per heavy atom. The maximum Gasteiger partial charge on any atom is 0.0481 e. The van der Waals surface area contributed by atoms with Crippen molar-refractivity contribution in [3.63, 3.8) is 0 Å². The van der Waals surface area contributed by atoms with Crippen molar-refractivity contribution < 1.29 is 0 Å². The van der Waals surface area contributed by atoms with Gasteiger partial charge in [-0.1, -0.05) is 23.7 Å². The third kappa shape index (κ3) is 4.48. The molecule has 0 radical (unpaired) electrons. The predicted molar refractivity (Wildman–Crippen MR) is 116 cm³/mol. The van der Waals surface area contributed by atoms with Crippen LogP contribution in [0.1, 0.15) is 18.4 Å². The van der Waals surface area contributed by atoms with Gasteiger partial charge in [0.15, 0.2) is 0 Å². The summed E-state index contributed by atoms with van der Waals surface area (Å²) in [4.78, 5) is 5.13. The van der Waals surface area contributed by atoms with Gasteiger partial charge in [0.1, 0.15) is 0 Å². The van der Waals surface area contributed by atoms with Gasteiger partial charge in [-0.05, 0) is 68.3 Å². The van der Waals surface area contributed by atoms with Crippen LogP contribution in [0.2, 0.25) is 5.02 Å². The normalized spacial score (nSPS) is 15.6. The highest BCUT2D eigenvalue weighted by atomic mass is 35.5. The van der Waals surface area contributed by atoms with Crippen LogP contribution in [-0.4, -0.2) is 42.2 Å². The fourth-order valence-corrected chi connectivity index (χ4v) is 4.22. The molecule has 3 nitrogen and oxygen atoms in total. The molecule has 0 unspecified atom stereocenters. The Hall–Kier alpha value is -1.97. The summed E-state index contributed by atoms with van der Waals surface area (Å²) in [5.74, 6) is 0. The second-order valence-corrected chi connectivity index (χ2v) is 8.02. The summed E-state index contributed by atoms with van der Waals surface area (Å²) in [6.45, 7) is 9.04. The minimum atomic E-state index is 0.810.